The first kappa shape index (κ1) is 21.8. The van der Waals surface area contributed by atoms with Crippen LogP contribution in [0.5, 0.6) is 5.75 Å². The Kier molecular flexibility index (Phi) is 6.17. The Bertz CT molecular complexity index is 1240. The first-order valence-corrected chi connectivity index (χ1v) is 10.3. The number of pyridine rings is 1. The van der Waals surface area contributed by atoms with Gasteiger partial charge in [-0.2, -0.15) is 0 Å². The number of nitrogens with zero attached hydrogens (tertiary/aromatic N) is 2. The molecule has 3 amide bonds. The zero-order valence-electron chi connectivity index (χ0n) is 18.2. The van der Waals surface area contributed by atoms with Gasteiger partial charge in [0.05, 0.1) is 19.2 Å². The minimum Gasteiger partial charge on any atom is -0.496 e. The molecule has 1 aliphatic heterocycles. The highest BCUT2D eigenvalue weighted by Gasteiger charge is 2.40. The number of nitrogens with one attached hydrogen (secondary N) is 2. The Balaban J connectivity index is 1.73. The lowest BCUT2D eigenvalue weighted by atomic mass is 10.0. The Morgan fingerprint density at radius 1 is 0.939 bits per heavy atom. The third kappa shape index (κ3) is 4.59. The number of benzene rings is 2. The van der Waals surface area contributed by atoms with Crippen LogP contribution in [0.15, 0.2) is 78.8 Å². The number of ether oxygens (including phenoxy) is 1. The molecule has 2 aromatic carbocycles. The van der Waals surface area contributed by atoms with Crippen molar-refractivity contribution >= 4 is 34.7 Å². The molecule has 2 heterocycles. The topological polar surface area (TPSA) is 101 Å². The highest BCUT2D eigenvalue weighted by molar-refractivity contribution is 6.36. The molecule has 166 valence electrons. The standard InChI is InChI=1S/C25H22N4O4/c1-16(30)27-18-7-9-19(10-8-18)28-23-22(20-5-3-4-6-21(20)33-2)24(31)29(25(23)32)15-17-11-13-26-14-12-17/h3-14,28H,15H2,1-2H3,(H,27,30). The predicted molar refractivity (Wildman–Crippen MR) is 124 cm³/mol. The van der Waals surface area contributed by atoms with Crippen LogP contribution in [0, 0.1) is 0 Å². The number of amides is 3. The van der Waals surface area contributed by atoms with E-state index < -0.39 is 11.8 Å². The van der Waals surface area contributed by atoms with Gasteiger partial charge in [0, 0.05) is 36.3 Å². The number of rotatable bonds is 7. The largest absolute Gasteiger partial charge is 0.496 e. The number of carbonyl (C=O) groups is 3. The van der Waals surface area contributed by atoms with E-state index in [0.29, 0.717) is 22.7 Å². The van der Waals surface area contributed by atoms with Gasteiger partial charge in [0.15, 0.2) is 0 Å². The Morgan fingerprint density at radius 3 is 2.27 bits per heavy atom. The molecule has 0 radical (unpaired) electrons. The SMILES string of the molecule is COc1ccccc1C1=C(Nc2ccc(NC(C)=O)cc2)C(=O)N(Cc2ccncc2)C1=O. The number of para-hydroxylation sites is 1. The number of hydrogen-bond acceptors (Lipinski definition) is 6. The normalized spacial score (nSPS) is 13.3. The van der Waals surface area contributed by atoms with Crippen LogP contribution in [0.25, 0.3) is 5.57 Å². The van der Waals surface area contributed by atoms with Gasteiger partial charge in [0.1, 0.15) is 11.4 Å². The second kappa shape index (κ2) is 9.35. The molecular weight excluding hydrogens is 420 g/mol. The van der Waals surface area contributed by atoms with Crippen molar-refractivity contribution in [2.45, 2.75) is 13.5 Å². The van der Waals surface area contributed by atoms with Gasteiger partial charge in [-0.05, 0) is 48.0 Å². The van der Waals surface area contributed by atoms with Crippen LogP contribution in [-0.2, 0) is 20.9 Å². The van der Waals surface area contributed by atoms with Crippen molar-refractivity contribution in [3.8, 4) is 5.75 Å². The molecular formula is C25H22N4O4. The Morgan fingerprint density at radius 2 is 1.61 bits per heavy atom. The monoisotopic (exact) mass is 442 g/mol. The summed E-state index contributed by atoms with van der Waals surface area (Å²) in [4.78, 5) is 43.3. The van der Waals surface area contributed by atoms with Gasteiger partial charge in [0.2, 0.25) is 5.91 Å². The van der Waals surface area contributed by atoms with Gasteiger partial charge in [0.25, 0.3) is 11.8 Å². The maximum Gasteiger partial charge on any atom is 0.278 e. The molecule has 0 spiro atoms. The summed E-state index contributed by atoms with van der Waals surface area (Å²) in [6.45, 7) is 1.54. The predicted octanol–water partition coefficient (Wildman–Crippen LogP) is 3.44. The second-order valence-corrected chi connectivity index (χ2v) is 7.39. The van der Waals surface area contributed by atoms with Crippen molar-refractivity contribution < 1.29 is 19.1 Å². The molecule has 0 bridgehead atoms. The lowest BCUT2D eigenvalue weighted by Gasteiger charge is -2.15. The molecule has 1 aliphatic rings. The fourth-order valence-electron chi connectivity index (χ4n) is 3.59. The van der Waals surface area contributed by atoms with Crippen molar-refractivity contribution in [2.75, 3.05) is 17.7 Å². The third-order valence-electron chi connectivity index (χ3n) is 5.11. The summed E-state index contributed by atoms with van der Waals surface area (Å²) in [5, 5.41) is 5.80. The number of hydrogen-bond donors (Lipinski definition) is 2. The van der Waals surface area contributed by atoms with E-state index in [0.717, 1.165) is 5.56 Å². The van der Waals surface area contributed by atoms with Gasteiger partial charge in [-0.1, -0.05) is 18.2 Å². The number of imide groups is 1. The lowest BCUT2D eigenvalue weighted by Crippen LogP contribution is -2.32. The van der Waals surface area contributed by atoms with Crippen molar-refractivity contribution in [1.29, 1.82) is 0 Å². The van der Waals surface area contributed by atoms with E-state index in [4.69, 9.17) is 4.74 Å². The summed E-state index contributed by atoms with van der Waals surface area (Å²) in [6.07, 6.45) is 3.23. The molecule has 8 heteroatoms. The van der Waals surface area contributed by atoms with Crippen LogP contribution in [-0.4, -0.2) is 34.7 Å². The summed E-state index contributed by atoms with van der Waals surface area (Å²) < 4.78 is 5.45. The van der Waals surface area contributed by atoms with Gasteiger partial charge >= 0.3 is 0 Å². The molecule has 0 unspecified atom stereocenters. The smallest absolute Gasteiger partial charge is 0.278 e. The zero-order valence-corrected chi connectivity index (χ0v) is 18.2. The van der Waals surface area contributed by atoms with Crippen molar-refractivity contribution in [3.63, 3.8) is 0 Å². The molecule has 0 saturated carbocycles. The van der Waals surface area contributed by atoms with Crippen LogP contribution < -0.4 is 15.4 Å². The molecule has 33 heavy (non-hydrogen) atoms. The minimum absolute atomic E-state index is 0.117. The van der Waals surface area contributed by atoms with Crippen molar-refractivity contribution in [2.24, 2.45) is 0 Å². The summed E-state index contributed by atoms with van der Waals surface area (Å²) in [7, 11) is 1.52. The highest BCUT2D eigenvalue weighted by atomic mass is 16.5. The number of aromatic nitrogens is 1. The summed E-state index contributed by atoms with van der Waals surface area (Å²) in [5.41, 5.74) is 2.92. The molecule has 4 rings (SSSR count). The first-order valence-electron chi connectivity index (χ1n) is 10.3. The Hall–Kier alpha value is -4.46. The maximum atomic E-state index is 13.5. The maximum absolute atomic E-state index is 13.5. The van der Waals surface area contributed by atoms with E-state index >= 15 is 0 Å². The van der Waals surface area contributed by atoms with E-state index in [1.54, 1.807) is 73.1 Å². The lowest BCUT2D eigenvalue weighted by molar-refractivity contribution is -0.137. The summed E-state index contributed by atoms with van der Waals surface area (Å²) in [5.74, 6) is -0.553. The molecule has 8 nitrogen and oxygen atoms in total. The van der Waals surface area contributed by atoms with Crippen molar-refractivity contribution in [3.05, 3.63) is 89.9 Å². The highest BCUT2D eigenvalue weighted by Crippen LogP contribution is 2.36. The average molecular weight is 442 g/mol. The zero-order chi connectivity index (χ0) is 23.4. The van der Waals surface area contributed by atoms with E-state index in [-0.39, 0.29) is 23.7 Å². The quantitative estimate of drug-likeness (QED) is 0.544. The molecule has 0 atom stereocenters. The van der Waals surface area contributed by atoms with Crippen LogP contribution in [0.2, 0.25) is 0 Å². The molecule has 0 fully saturated rings. The average Bonchev–Trinajstić information content (AvgIpc) is 3.04. The molecule has 0 saturated heterocycles. The van der Waals surface area contributed by atoms with Crippen LogP contribution in [0.4, 0.5) is 11.4 Å². The minimum atomic E-state index is -0.441. The third-order valence-corrected chi connectivity index (χ3v) is 5.11. The van der Waals surface area contributed by atoms with E-state index in [9.17, 15) is 14.4 Å². The molecule has 3 aromatic rings. The molecule has 1 aromatic heterocycles. The van der Waals surface area contributed by atoms with E-state index in [1.807, 2.05) is 0 Å². The van der Waals surface area contributed by atoms with E-state index in [2.05, 4.69) is 15.6 Å². The van der Waals surface area contributed by atoms with Crippen molar-refractivity contribution in [1.82, 2.24) is 9.88 Å². The fourth-order valence-corrected chi connectivity index (χ4v) is 3.59. The summed E-state index contributed by atoms with van der Waals surface area (Å²) >= 11 is 0. The summed E-state index contributed by atoms with van der Waals surface area (Å²) in [6, 6.07) is 17.5. The van der Waals surface area contributed by atoms with Gasteiger partial charge in [-0.25, -0.2) is 0 Å². The number of methoxy groups -OCH3 is 1. The fraction of sp³-hybridized carbons (Fsp3) is 0.120. The van der Waals surface area contributed by atoms with E-state index in [1.165, 1.54) is 18.9 Å². The second-order valence-electron chi connectivity index (χ2n) is 7.39. The Labute approximate surface area is 190 Å². The van der Waals surface area contributed by atoms with Gasteiger partial charge < -0.3 is 15.4 Å². The van der Waals surface area contributed by atoms with Crippen LogP contribution in [0.1, 0.15) is 18.1 Å². The van der Waals surface area contributed by atoms with Crippen LogP contribution in [0.3, 0.4) is 0 Å². The van der Waals surface area contributed by atoms with Gasteiger partial charge in [-0.3, -0.25) is 24.3 Å². The number of carbonyl (C=O) groups excluding carboxylic acids is 3. The van der Waals surface area contributed by atoms with Crippen LogP contribution >= 0.6 is 0 Å². The van der Waals surface area contributed by atoms with Gasteiger partial charge in [-0.15, -0.1) is 0 Å². The first-order chi connectivity index (χ1) is 16.0. The molecule has 2 N–H and O–H groups in total. The molecule has 0 aliphatic carbocycles. The number of anilines is 2.